The lowest BCUT2D eigenvalue weighted by Gasteiger charge is -2.46. The molecule has 116 valence electrons. The van der Waals surface area contributed by atoms with Crippen LogP contribution in [0.1, 0.15) is 37.8 Å². The second-order valence-electron chi connectivity index (χ2n) is 7.43. The Morgan fingerprint density at radius 3 is 2.62 bits per heavy atom. The topological polar surface area (TPSA) is 18.5 Å². The summed E-state index contributed by atoms with van der Waals surface area (Å²) in [5.74, 6) is 0. The van der Waals surface area contributed by atoms with Crippen LogP contribution in [0.2, 0.25) is 0 Å². The van der Waals surface area contributed by atoms with Crippen molar-refractivity contribution >= 4 is 5.69 Å². The van der Waals surface area contributed by atoms with Crippen molar-refractivity contribution in [3.05, 3.63) is 29.3 Å². The predicted molar refractivity (Wildman–Crippen MR) is 90.0 cm³/mol. The Morgan fingerprint density at radius 2 is 2.00 bits per heavy atom. The quantitative estimate of drug-likeness (QED) is 0.918. The van der Waals surface area contributed by atoms with Crippen LogP contribution in [-0.2, 0) is 6.54 Å². The van der Waals surface area contributed by atoms with Crippen LogP contribution in [0.3, 0.4) is 0 Å². The minimum absolute atomic E-state index is 0.247. The molecule has 1 saturated heterocycles. The van der Waals surface area contributed by atoms with E-state index in [0.29, 0.717) is 0 Å². The molecule has 1 heterocycles. The normalized spacial score (nSPS) is 22.6. The number of rotatable bonds is 4. The maximum atomic E-state index is 3.60. The molecule has 0 radical (unpaired) electrons. The monoisotopic (exact) mass is 287 g/mol. The van der Waals surface area contributed by atoms with Crippen molar-refractivity contribution in [2.24, 2.45) is 0 Å². The van der Waals surface area contributed by atoms with Crippen molar-refractivity contribution < 1.29 is 0 Å². The molecule has 2 aliphatic rings. The molecule has 1 aliphatic heterocycles. The largest absolute Gasteiger partial charge is 0.368 e. The number of aryl methyl sites for hydroxylation is 1. The van der Waals surface area contributed by atoms with E-state index in [4.69, 9.17) is 0 Å². The van der Waals surface area contributed by atoms with Crippen LogP contribution in [0.4, 0.5) is 5.69 Å². The standard InChI is InChI=1S/C18H29N3/c1-14-11-15(12-19-16-6-7-16)5-8-17(14)21-10-9-20(4)18(2,3)13-21/h5,8,11,16,19H,6-7,9-10,12-13H2,1-4H3. The number of anilines is 1. The summed E-state index contributed by atoms with van der Waals surface area (Å²) in [6.45, 7) is 11.3. The summed E-state index contributed by atoms with van der Waals surface area (Å²) in [5.41, 5.74) is 4.48. The molecule has 1 saturated carbocycles. The summed E-state index contributed by atoms with van der Waals surface area (Å²) in [6.07, 6.45) is 2.71. The van der Waals surface area contributed by atoms with E-state index in [9.17, 15) is 0 Å². The fourth-order valence-corrected chi connectivity index (χ4v) is 3.18. The third-order valence-corrected chi connectivity index (χ3v) is 5.09. The molecule has 3 rings (SSSR count). The van der Waals surface area contributed by atoms with Gasteiger partial charge in [0.05, 0.1) is 0 Å². The number of nitrogens with zero attached hydrogens (tertiary/aromatic N) is 2. The molecular formula is C18H29N3. The molecule has 0 aromatic heterocycles. The zero-order valence-electron chi connectivity index (χ0n) is 13.9. The maximum absolute atomic E-state index is 3.60. The molecule has 3 heteroatoms. The molecule has 0 bridgehead atoms. The summed E-state index contributed by atoms with van der Waals surface area (Å²) in [6, 6.07) is 7.75. The van der Waals surface area contributed by atoms with Gasteiger partial charge in [-0.2, -0.15) is 0 Å². The van der Waals surface area contributed by atoms with Crippen LogP contribution < -0.4 is 10.2 Å². The van der Waals surface area contributed by atoms with Crippen molar-refractivity contribution in [1.29, 1.82) is 0 Å². The van der Waals surface area contributed by atoms with E-state index in [1.54, 1.807) is 0 Å². The Hall–Kier alpha value is -1.06. The van der Waals surface area contributed by atoms with Crippen LogP contribution in [0, 0.1) is 6.92 Å². The number of piperazine rings is 1. The maximum Gasteiger partial charge on any atom is 0.0397 e. The van der Waals surface area contributed by atoms with Crippen molar-refractivity contribution in [1.82, 2.24) is 10.2 Å². The first-order valence-corrected chi connectivity index (χ1v) is 8.25. The summed E-state index contributed by atoms with van der Waals surface area (Å²) < 4.78 is 0. The summed E-state index contributed by atoms with van der Waals surface area (Å²) >= 11 is 0. The molecular weight excluding hydrogens is 258 g/mol. The van der Waals surface area contributed by atoms with Crippen LogP contribution in [0.15, 0.2) is 18.2 Å². The van der Waals surface area contributed by atoms with Crippen LogP contribution >= 0.6 is 0 Å². The highest BCUT2D eigenvalue weighted by Crippen LogP contribution is 2.28. The number of nitrogens with one attached hydrogen (secondary N) is 1. The third-order valence-electron chi connectivity index (χ3n) is 5.09. The number of benzene rings is 1. The van der Waals surface area contributed by atoms with Crippen LogP contribution in [-0.4, -0.2) is 43.2 Å². The van der Waals surface area contributed by atoms with Crippen molar-refractivity contribution in [3.63, 3.8) is 0 Å². The first-order chi connectivity index (χ1) is 9.95. The van der Waals surface area contributed by atoms with Gasteiger partial charge in [-0.05, 0) is 57.9 Å². The number of hydrogen-bond donors (Lipinski definition) is 1. The number of hydrogen-bond acceptors (Lipinski definition) is 3. The molecule has 1 aromatic carbocycles. The van der Waals surface area contributed by atoms with E-state index in [1.165, 1.54) is 29.7 Å². The third kappa shape index (κ3) is 3.41. The fraction of sp³-hybridized carbons (Fsp3) is 0.667. The molecule has 2 fully saturated rings. The molecule has 0 atom stereocenters. The van der Waals surface area contributed by atoms with Gasteiger partial charge in [0.25, 0.3) is 0 Å². The minimum atomic E-state index is 0.247. The SMILES string of the molecule is Cc1cc(CNC2CC2)ccc1N1CCN(C)C(C)(C)C1. The van der Waals surface area contributed by atoms with Gasteiger partial charge < -0.3 is 10.2 Å². The van der Waals surface area contributed by atoms with Gasteiger partial charge in [-0.3, -0.25) is 4.90 Å². The van der Waals surface area contributed by atoms with Gasteiger partial charge in [-0.1, -0.05) is 12.1 Å². The Balaban J connectivity index is 1.70. The Labute approximate surface area is 129 Å². The second-order valence-corrected chi connectivity index (χ2v) is 7.43. The summed E-state index contributed by atoms with van der Waals surface area (Å²) in [4.78, 5) is 5.01. The molecule has 1 N–H and O–H groups in total. The number of likely N-dealkylation sites (N-methyl/N-ethyl adjacent to an activating group) is 1. The highest BCUT2D eigenvalue weighted by atomic mass is 15.3. The van der Waals surface area contributed by atoms with Gasteiger partial charge in [-0.25, -0.2) is 0 Å². The molecule has 1 aromatic rings. The van der Waals surface area contributed by atoms with Crippen LogP contribution in [0.5, 0.6) is 0 Å². The van der Waals surface area contributed by atoms with Crippen molar-refractivity contribution in [2.75, 3.05) is 31.6 Å². The van der Waals surface area contributed by atoms with E-state index in [-0.39, 0.29) is 5.54 Å². The van der Waals surface area contributed by atoms with Gasteiger partial charge >= 0.3 is 0 Å². The average Bonchev–Trinajstić information content (AvgIpc) is 3.24. The zero-order chi connectivity index (χ0) is 15.0. The predicted octanol–water partition coefficient (Wildman–Crippen LogP) is 2.78. The lowest BCUT2D eigenvalue weighted by Crippen LogP contribution is -2.57. The van der Waals surface area contributed by atoms with Gasteiger partial charge in [0.1, 0.15) is 0 Å². The van der Waals surface area contributed by atoms with E-state index in [2.05, 4.69) is 61.1 Å². The fourth-order valence-electron chi connectivity index (χ4n) is 3.18. The second kappa shape index (κ2) is 5.62. The van der Waals surface area contributed by atoms with Crippen LogP contribution in [0.25, 0.3) is 0 Å². The van der Waals surface area contributed by atoms with Crippen molar-refractivity contribution in [3.8, 4) is 0 Å². The van der Waals surface area contributed by atoms with Crippen molar-refractivity contribution in [2.45, 2.75) is 51.7 Å². The Bertz CT molecular complexity index is 505. The first-order valence-electron chi connectivity index (χ1n) is 8.25. The van der Waals surface area contributed by atoms with Gasteiger partial charge in [0.2, 0.25) is 0 Å². The minimum Gasteiger partial charge on any atom is -0.368 e. The smallest absolute Gasteiger partial charge is 0.0397 e. The molecule has 21 heavy (non-hydrogen) atoms. The van der Waals surface area contributed by atoms with E-state index in [1.807, 2.05) is 0 Å². The van der Waals surface area contributed by atoms with Gasteiger partial charge in [-0.15, -0.1) is 0 Å². The van der Waals surface area contributed by atoms with E-state index < -0.39 is 0 Å². The molecule has 0 unspecified atom stereocenters. The molecule has 1 aliphatic carbocycles. The lowest BCUT2D eigenvalue weighted by atomic mass is 9.98. The highest BCUT2D eigenvalue weighted by molar-refractivity contribution is 5.55. The van der Waals surface area contributed by atoms with E-state index in [0.717, 1.165) is 32.2 Å². The zero-order valence-corrected chi connectivity index (χ0v) is 13.9. The van der Waals surface area contributed by atoms with Gasteiger partial charge in [0, 0.05) is 43.4 Å². The Kier molecular flexibility index (Phi) is 3.98. The lowest BCUT2D eigenvalue weighted by molar-refractivity contribution is 0.139. The molecule has 0 spiro atoms. The first kappa shape index (κ1) is 14.9. The van der Waals surface area contributed by atoms with Gasteiger partial charge in [0.15, 0.2) is 0 Å². The molecule has 0 amide bonds. The molecule has 3 nitrogen and oxygen atoms in total. The van der Waals surface area contributed by atoms with E-state index >= 15 is 0 Å². The average molecular weight is 287 g/mol. The summed E-state index contributed by atoms with van der Waals surface area (Å²) in [7, 11) is 2.23. The summed E-state index contributed by atoms with van der Waals surface area (Å²) in [5, 5.41) is 3.60. The highest BCUT2D eigenvalue weighted by Gasteiger charge is 2.31. The Morgan fingerprint density at radius 1 is 1.24 bits per heavy atom.